The van der Waals surface area contributed by atoms with Gasteiger partial charge in [0.15, 0.2) is 11.5 Å². The van der Waals surface area contributed by atoms with Gasteiger partial charge >= 0.3 is 0 Å². The van der Waals surface area contributed by atoms with Crippen molar-refractivity contribution in [3.8, 4) is 0 Å². The number of aromatic nitrogens is 2. The Kier molecular flexibility index (Phi) is 6.63. The quantitative estimate of drug-likeness (QED) is 0.770. The summed E-state index contributed by atoms with van der Waals surface area (Å²) in [6.07, 6.45) is 5.76. The van der Waals surface area contributed by atoms with E-state index in [1.165, 1.54) is 24.9 Å². The summed E-state index contributed by atoms with van der Waals surface area (Å²) < 4.78 is 0. The number of hydrogen-bond donors (Lipinski definition) is 2. The normalized spacial score (nSPS) is 14.6. The predicted octanol–water partition coefficient (Wildman–Crippen LogP) is 4.13. The van der Waals surface area contributed by atoms with Gasteiger partial charge in [-0.2, -0.15) is 0 Å². The zero-order chi connectivity index (χ0) is 19.1. The van der Waals surface area contributed by atoms with E-state index < -0.39 is 0 Å². The number of rotatable bonds is 7. The monoisotopic (exact) mass is 367 g/mol. The van der Waals surface area contributed by atoms with E-state index in [4.69, 9.17) is 0 Å². The highest BCUT2D eigenvalue weighted by Gasteiger charge is 2.17. The van der Waals surface area contributed by atoms with E-state index in [2.05, 4.69) is 51.7 Å². The molecule has 6 nitrogen and oxygen atoms in total. The van der Waals surface area contributed by atoms with Crippen molar-refractivity contribution in [1.82, 2.24) is 15.5 Å². The number of nitrogens with one attached hydrogen (secondary N) is 2. The molecule has 0 saturated heterocycles. The van der Waals surface area contributed by atoms with Gasteiger partial charge in [-0.05, 0) is 63.1 Å². The third-order valence-electron chi connectivity index (χ3n) is 5.11. The maximum atomic E-state index is 12.3. The standard InChI is InChI=1S/C21H29N5O/c1-3-26(4-2)18-12-10-17(11-13-18)22-20-15-14-19(24-25-20)21(27)23-16-8-6-5-7-9-16/h10-16H,3-9H2,1-2H3,(H,22,25)(H,23,27). The van der Waals surface area contributed by atoms with Crippen molar-refractivity contribution >= 4 is 23.1 Å². The van der Waals surface area contributed by atoms with Gasteiger partial charge in [0.05, 0.1) is 0 Å². The zero-order valence-electron chi connectivity index (χ0n) is 16.2. The molecule has 1 amide bonds. The van der Waals surface area contributed by atoms with Crippen molar-refractivity contribution in [2.24, 2.45) is 0 Å². The van der Waals surface area contributed by atoms with Crippen molar-refractivity contribution in [1.29, 1.82) is 0 Å². The number of amides is 1. The molecule has 27 heavy (non-hydrogen) atoms. The fourth-order valence-electron chi connectivity index (χ4n) is 3.52. The first kappa shape index (κ1) is 19.1. The van der Waals surface area contributed by atoms with E-state index in [0.717, 1.165) is 31.6 Å². The number of anilines is 3. The van der Waals surface area contributed by atoms with E-state index in [9.17, 15) is 4.79 Å². The first-order valence-electron chi connectivity index (χ1n) is 9.96. The second kappa shape index (κ2) is 9.35. The molecule has 0 aliphatic heterocycles. The third-order valence-corrected chi connectivity index (χ3v) is 5.11. The predicted molar refractivity (Wildman–Crippen MR) is 110 cm³/mol. The number of carbonyl (C=O) groups excluding carboxylic acids is 1. The maximum Gasteiger partial charge on any atom is 0.272 e. The summed E-state index contributed by atoms with van der Waals surface area (Å²) in [4.78, 5) is 14.6. The van der Waals surface area contributed by atoms with Crippen LogP contribution in [0.5, 0.6) is 0 Å². The Morgan fingerprint density at radius 2 is 1.70 bits per heavy atom. The fraction of sp³-hybridized carbons (Fsp3) is 0.476. The average molecular weight is 367 g/mol. The van der Waals surface area contributed by atoms with Crippen molar-refractivity contribution < 1.29 is 4.79 Å². The lowest BCUT2D eigenvalue weighted by Gasteiger charge is -2.22. The molecule has 0 bridgehead atoms. The molecule has 144 valence electrons. The smallest absolute Gasteiger partial charge is 0.272 e. The van der Waals surface area contributed by atoms with E-state index >= 15 is 0 Å². The summed E-state index contributed by atoms with van der Waals surface area (Å²) in [7, 11) is 0. The van der Waals surface area contributed by atoms with Crippen LogP contribution in [0.15, 0.2) is 36.4 Å². The molecular formula is C21H29N5O. The van der Waals surface area contributed by atoms with E-state index in [0.29, 0.717) is 11.5 Å². The Balaban J connectivity index is 1.57. The van der Waals surface area contributed by atoms with Crippen molar-refractivity contribution in [2.45, 2.75) is 52.0 Å². The minimum Gasteiger partial charge on any atom is -0.372 e. The Bertz CT molecular complexity index is 719. The summed E-state index contributed by atoms with van der Waals surface area (Å²) in [5.74, 6) is 0.490. The highest BCUT2D eigenvalue weighted by Crippen LogP contribution is 2.20. The van der Waals surface area contributed by atoms with Crippen LogP contribution < -0.4 is 15.5 Å². The second-order valence-corrected chi connectivity index (χ2v) is 6.96. The average Bonchev–Trinajstić information content (AvgIpc) is 2.71. The minimum atomic E-state index is -0.135. The van der Waals surface area contributed by atoms with Crippen LogP contribution >= 0.6 is 0 Å². The maximum absolute atomic E-state index is 12.3. The van der Waals surface area contributed by atoms with Crippen molar-refractivity contribution in [2.75, 3.05) is 23.3 Å². The van der Waals surface area contributed by atoms with Gasteiger partial charge in [-0.1, -0.05) is 19.3 Å². The second-order valence-electron chi connectivity index (χ2n) is 6.96. The molecule has 2 N–H and O–H groups in total. The van der Waals surface area contributed by atoms with Gasteiger partial charge < -0.3 is 15.5 Å². The summed E-state index contributed by atoms with van der Waals surface area (Å²) in [6, 6.07) is 12.0. The molecule has 1 aromatic carbocycles. The lowest BCUT2D eigenvalue weighted by molar-refractivity contribution is 0.0921. The Morgan fingerprint density at radius 1 is 1.00 bits per heavy atom. The Labute approximate surface area is 161 Å². The van der Waals surface area contributed by atoms with Crippen LogP contribution in [-0.2, 0) is 0 Å². The van der Waals surface area contributed by atoms with Crippen LogP contribution in [0.25, 0.3) is 0 Å². The lowest BCUT2D eigenvalue weighted by atomic mass is 9.95. The molecule has 2 aromatic rings. The van der Waals surface area contributed by atoms with Gasteiger partial charge in [0, 0.05) is 30.5 Å². The molecule has 0 radical (unpaired) electrons. The number of hydrogen-bond acceptors (Lipinski definition) is 5. The fourth-order valence-corrected chi connectivity index (χ4v) is 3.52. The molecule has 6 heteroatoms. The van der Waals surface area contributed by atoms with Crippen LogP contribution in [0.1, 0.15) is 56.4 Å². The zero-order valence-corrected chi connectivity index (χ0v) is 16.2. The van der Waals surface area contributed by atoms with Gasteiger partial charge in [0.25, 0.3) is 5.91 Å². The first-order chi connectivity index (χ1) is 13.2. The summed E-state index contributed by atoms with van der Waals surface area (Å²) in [5.41, 5.74) is 2.51. The van der Waals surface area contributed by atoms with Gasteiger partial charge in [0.1, 0.15) is 0 Å². The third kappa shape index (κ3) is 5.18. The molecule has 1 aliphatic rings. The highest BCUT2D eigenvalue weighted by atomic mass is 16.2. The Hall–Kier alpha value is -2.63. The molecular weight excluding hydrogens is 338 g/mol. The molecule has 1 aromatic heterocycles. The SMILES string of the molecule is CCN(CC)c1ccc(Nc2ccc(C(=O)NC3CCCCC3)nn2)cc1. The van der Waals surface area contributed by atoms with Crippen LogP contribution in [0.3, 0.4) is 0 Å². The van der Waals surface area contributed by atoms with Gasteiger partial charge in [-0.15, -0.1) is 10.2 Å². The van der Waals surface area contributed by atoms with Crippen LogP contribution in [0.4, 0.5) is 17.2 Å². The topological polar surface area (TPSA) is 70.2 Å². The Morgan fingerprint density at radius 3 is 2.30 bits per heavy atom. The van der Waals surface area contributed by atoms with Crippen LogP contribution in [-0.4, -0.2) is 35.2 Å². The lowest BCUT2D eigenvalue weighted by Crippen LogP contribution is -2.36. The highest BCUT2D eigenvalue weighted by molar-refractivity contribution is 5.92. The van der Waals surface area contributed by atoms with E-state index in [1.54, 1.807) is 12.1 Å². The van der Waals surface area contributed by atoms with Crippen LogP contribution in [0, 0.1) is 0 Å². The van der Waals surface area contributed by atoms with E-state index in [1.807, 2.05) is 12.1 Å². The van der Waals surface area contributed by atoms with Gasteiger partial charge in [0.2, 0.25) is 0 Å². The number of benzene rings is 1. The largest absolute Gasteiger partial charge is 0.372 e. The van der Waals surface area contributed by atoms with Gasteiger partial charge in [-0.25, -0.2) is 0 Å². The van der Waals surface area contributed by atoms with E-state index in [-0.39, 0.29) is 11.9 Å². The number of carbonyl (C=O) groups is 1. The molecule has 1 heterocycles. The summed E-state index contributed by atoms with van der Waals surface area (Å²) in [6.45, 7) is 6.27. The molecule has 0 atom stereocenters. The molecule has 0 unspecified atom stereocenters. The van der Waals surface area contributed by atoms with Crippen LogP contribution in [0.2, 0.25) is 0 Å². The molecule has 1 saturated carbocycles. The molecule has 0 spiro atoms. The molecule has 1 aliphatic carbocycles. The molecule has 1 fully saturated rings. The molecule has 3 rings (SSSR count). The van der Waals surface area contributed by atoms with Crippen molar-refractivity contribution in [3.05, 3.63) is 42.1 Å². The van der Waals surface area contributed by atoms with Crippen molar-refractivity contribution in [3.63, 3.8) is 0 Å². The van der Waals surface area contributed by atoms with Gasteiger partial charge in [-0.3, -0.25) is 4.79 Å². The summed E-state index contributed by atoms with van der Waals surface area (Å²) >= 11 is 0. The number of nitrogens with zero attached hydrogens (tertiary/aromatic N) is 3. The minimum absolute atomic E-state index is 0.135. The summed E-state index contributed by atoms with van der Waals surface area (Å²) in [5, 5.41) is 14.5. The first-order valence-corrected chi connectivity index (χ1v) is 9.96.